The number of ether oxygens (including phenoxy) is 2. The molecule has 0 aliphatic rings. The Labute approximate surface area is 166 Å². The molecule has 0 spiro atoms. The van der Waals surface area contributed by atoms with Crippen LogP contribution in [0.5, 0.6) is 5.75 Å². The van der Waals surface area contributed by atoms with Crippen LogP contribution in [-0.2, 0) is 14.3 Å². The first kappa shape index (κ1) is 22.0. The first-order chi connectivity index (χ1) is 13.5. The molecule has 1 amide bonds. The van der Waals surface area contributed by atoms with Crippen molar-refractivity contribution in [1.29, 1.82) is 0 Å². The average Bonchev–Trinajstić information content (AvgIpc) is 2.61. The molecule has 0 fully saturated rings. The molecule has 0 saturated carbocycles. The lowest BCUT2D eigenvalue weighted by Gasteiger charge is -2.12. The zero-order valence-electron chi connectivity index (χ0n) is 16.1. The molecule has 0 aliphatic carbocycles. The van der Waals surface area contributed by atoms with E-state index in [1.54, 1.807) is 0 Å². The second-order valence-electron chi connectivity index (χ2n) is 6.38. The topological polar surface area (TPSA) is 64.6 Å². The van der Waals surface area contributed by atoms with E-state index in [0.29, 0.717) is 11.3 Å². The van der Waals surface area contributed by atoms with Crippen molar-refractivity contribution < 1.29 is 32.2 Å². The van der Waals surface area contributed by atoms with E-state index in [0.717, 1.165) is 34.9 Å². The van der Waals surface area contributed by atoms with Crippen molar-refractivity contribution in [3.8, 4) is 5.75 Å². The van der Waals surface area contributed by atoms with Gasteiger partial charge in [0.05, 0.1) is 0 Å². The molecule has 0 bridgehead atoms. The van der Waals surface area contributed by atoms with Gasteiger partial charge in [-0.1, -0.05) is 29.8 Å². The summed E-state index contributed by atoms with van der Waals surface area (Å²) in [4.78, 5) is 23.8. The summed E-state index contributed by atoms with van der Waals surface area (Å²) >= 11 is 0. The van der Waals surface area contributed by atoms with Crippen molar-refractivity contribution >= 4 is 23.6 Å². The van der Waals surface area contributed by atoms with Crippen LogP contribution in [0.3, 0.4) is 0 Å². The minimum atomic E-state index is -4.77. The molecule has 5 nitrogen and oxygen atoms in total. The summed E-state index contributed by atoms with van der Waals surface area (Å²) in [7, 11) is 0. The maximum absolute atomic E-state index is 12.1. The van der Waals surface area contributed by atoms with E-state index >= 15 is 0 Å². The zero-order valence-corrected chi connectivity index (χ0v) is 16.1. The summed E-state index contributed by atoms with van der Waals surface area (Å²) in [6.07, 6.45) is -2.33. The van der Waals surface area contributed by atoms with Gasteiger partial charge in [-0.2, -0.15) is 0 Å². The van der Waals surface area contributed by atoms with Gasteiger partial charge in [0.2, 0.25) is 0 Å². The Morgan fingerprint density at radius 3 is 2.17 bits per heavy atom. The Hall–Kier alpha value is -3.29. The second-order valence-corrected chi connectivity index (χ2v) is 6.38. The Balaban J connectivity index is 1.85. The van der Waals surface area contributed by atoms with Crippen molar-refractivity contribution in [2.45, 2.75) is 27.1 Å². The minimum Gasteiger partial charge on any atom is -0.452 e. The molecule has 154 valence electrons. The number of alkyl halides is 3. The fraction of sp³-hybridized carbons (Fsp3) is 0.238. The maximum Gasteiger partial charge on any atom is 0.573 e. The van der Waals surface area contributed by atoms with Gasteiger partial charge in [-0.05, 0) is 55.7 Å². The van der Waals surface area contributed by atoms with Gasteiger partial charge in [0.15, 0.2) is 6.61 Å². The van der Waals surface area contributed by atoms with Crippen LogP contribution in [0.15, 0.2) is 42.5 Å². The number of amides is 1. The monoisotopic (exact) mass is 407 g/mol. The summed E-state index contributed by atoms with van der Waals surface area (Å²) in [5.41, 5.74) is 4.02. The van der Waals surface area contributed by atoms with Crippen LogP contribution in [-0.4, -0.2) is 24.8 Å². The molecule has 0 radical (unpaired) electrons. The minimum absolute atomic E-state index is 0.365. The van der Waals surface area contributed by atoms with Crippen molar-refractivity contribution in [1.82, 2.24) is 0 Å². The van der Waals surface area contributed by atoms with Crippen molar-refractivity contribution in [2.24, 2.45) is 0 Å². The van der Waals surface area contributed by atoms with Gasteiger partial charge in [0, 0.05) is 11.8 Å². The number of rotatable bonds is 6. The number of anilines is 1. The van der Waals surface area contributed by atoms with Gasteiger partial charge in [-0.3, -0.25) is 4.79 Å². The van der Waals surface area contributed by atoms with Crippen LogP contribution in [0.1, 0.15) is 22.3 Å². The molecule has 0 aromatic heterocycles. The maximum atomic E-state index is 12.1. The van der Waals surface area contributed by atoms with Crippen LogP contribution in [0, 0.1) is 20.8 Å². The quantitative estimate of drug-likeness (QED) is 0.557. The van der Waals surface area contributed by atoms with Gasteiger partial charge >= 0.3 is 12.3 Å². The van der Waals surface area contributed by atoms with E-state index in [1.807, 2.05) is 32.9 Å². The molecule has 0 atom stereocenters. The third-order valence-electron chi connectivity index (χ3n) is 3.81. The highest BCUT2D eigenvalue weighted by Crippen LogP contribution is 2.23. The standard InChI is InChI=1S/C21H20F3NO4/c1-13-10-14(2)20(15(3)11-13)25-18(26)12-28-19(27)9-6-16-4-7-17(8-5-16)29-21(22,23)24/h4-11H,12H2,1-3H3,(H,25,26)/b9-6+. The first-order valence-electron chi connectivity index (χ1n) is 8.62. The Kier molecular flexibility index (Phi) is 7.03. The van der Waals surface area contributed by atoms with E-state index in [1.165, 1.54) is 18.2 Å². The molecular weight excluding hydrogens is 387 g/mol. The molecule has 0 aliphatic heterocycles. The number of hydrogen-bond acceptors (Lipinski definition) is 4. The van der Waals surface area contributed by atoms with Gasteiger partial charge in [-0.25, -0.2) is 4.79 Å². The number of hydrogen-bond donors (Lipinski definition) is 1. The van der Waals surface area contributed by atoms with E-state index < -0.39 is 24.8 Å². The van der Waals surface area contributed by atoms with E-state index in [9.17, 15) is 22.8 Å². The van der Waals surface area contributed by atoms with Gasteiger partial charge < -0.3 is 14.8 Å². The number of aryl methyl sites for hydroxylation is 3. The molecule has 29 heavy (non-hydrogen) atoms. The summed E-state index contributed by atoms with van der Waals surface area (Å²) < 4.78 is 45.0. The third kappa shape index (κ3) is 7.33. The van der Waals surface area contributed by atoms with Crippen LogP contribution >= 0.6 is 0 Å². The number of esters is 1. The van der Waals surface area contributed by atoms with Crippen molar-refractivity contribution in [3.05, 3.63) is 64.7 Å². The fourth-order valence-electron chi connectivity index (χ4n) is 2.68. The number of benzene rings is 2. The molecule has 0 saturated heterocycles. The Bertz CT molecular complexity index is 896. The molecule has 2 rings (SSSR count). The van der Waals surface area contributed by atoms with Crippen LogP contribution < -0.4 is 10.1 Å². The zero-order chi connectivity index (χ0) is 21.6. The average molecular weight is 407 g/mol. The van der Waals surface area contributed by atoms with Crippen molar-refractivity contribution in [2.75, 3.05) is 11.9 Å². The predicted octanol–water partition coefficient (Wildman–Crippen LogP) is 4.71. The first-order valence-corrected chi connectivity index (χ1v) is 8.62. The summed E-state index contributed by atoms with van der Waals surface area (Å²) in [6.45, 7) is 5.23. The van der Waals surface area contributed by atoms with Gasteiger partial charge in [0.1, 0.15) is 5.75 Å². The van der Waals surface area contributed by atoms with Crippen LogP contribution in [0.2, 0.25) is 0 Å². The largest absolute Gasteiger partial charge is 0.573 e. The SMILES string of the molecule is Cc1cc(C)c(NC(=O)COC(=O)/C=C/c2ccc(OC(F)(F)F)cc2)c(C)c1. The van der Waals surface area contributed by atoms with E-state index in [2.05, 4.69) is 10.1 Å². The van der Waals surface area contributed by atoms with Crippen LogP contribution in [0.4, 0.5) is 18.9 Å². The van der Waals surface area contributed by atoms with Crippen molar-refractivity contribution in [3.63, 3.8) is 0 Å². The fourth-order valence-corrected chi connectivity index (χ4v) is 2.68. The highest BCUT2D eigenvalue weighted by atomic mass is 19.4. The van der Waals surface area contributed by atoms with Gasteiger partial charge in [0.25, 0.3) is 5.91 Å². The molecule has 0 heterocycles. The lowest BCUT2D eigenvalue weighted by atomic mass is 10.1. The second kappa shape index (κ2) is 9.27. The van der Waals surface area contributed by atoms with E-state index in [-0.39, 0.29) is 5.75 Å². The summed E-state index contributed by atoms with van der Waals surface area (Å²) in [5.74, 6) is -1.60. The molecule has 8 heteroatoms. The number of carbonyl (C=O) groups excluding carboxylic acids is 2. The normalized spacial score (nSPS) is 11.4. The molecule has 2 aromatic carbocycles. The lowest BCUT2D eigenvalue weighted by Crippen LogP contribution is -2.21. The highest BCUT2D eigenvalue weighted by Gasteiger charge is 2.30. The number of nitrogens with one attached hydrogen (secondary N) is 1. The number of halogens is 3. The molecule has 0 unspecified atom stereocenters. The Morgan fingerprint density at radius 1 is 1.03 bits per heavy atom. The highest BCUT2D eigenvalue weighted by molar-refractivity contribution is 5.95. The van der Waals surface area contributed by atoms with Crippen LogP contribution in [0.25, 0.3) is 6.08 Å². The predicted molar refractivity (Wildman–Crippen MR) is 102 cm³/mol. The summed E-state index contributed by atoms with van der Waals surface area (Å²) in [6, 6.07) is 8.81. The smallest absolute Gasteiger partial charge is 0.452 e. The molecule has 2 aromatic rings. The molecular formula is C21H20F3NO4. The summed E-state index contributed by atoms with van der Waals surface area (Å²) in [5, 5.41) is 2.71. The molecule has 1 N–H and O–H groups in total. The van der Waals surface area contributed by atoms with E-state index in [4.69, 9.17) is 4.74 Å². The van der Waals surface area contributed by atoms with Gasteiger partial charge in [-0.15, -0.1) is 13.2 Å². The number of carbonyl (C=O) groups is 2. The third-order valence-corrected chi connectivity index (χ3v) is 3.81. The lowest BCUT2D eigenvalue weighted by molar-refractivity contribution is -0.274. The Morgan fingerprint density at radius 2 is 1.62 bits per heavy atom.